The average molecular weight is 216 g/mol. The molecule has 2 nitrogen and oxygen atoms in total. The summed E-state index contributed by atoms with van der Waals surface area (Å²) < 4.78 is 0. The molecule has 1 aromatic heterocycles. The normalized spacial score (nSPS) is 15.3. The Morgan fingerprint density at radius 1 is 1.62 bits per heavy atom. The fourth-order valence-electron chi connectivity index (χ4n) is 0.771. The van der Waals surface area contributed by atoms with Crippen LogP contribution in [0.4, 0.5) is 0 Å². The number of aldehydes is 1. The molecule has 0 radical (unpaired) electrons. The third-order valence-corrected chi connectivity index (χ3v) is 3.99. The molecular weight excluding hydrogens is 204 g/mol. The predicted octanol–water partition coefficient (Wildman–Crippen LogP) is 2.42. The molecule has 4 heteroatoms. The van der Waals surface area contributed by atoms with Crippen LogP contribution in [0.3, 0.4) is 0 Å². The van der Waals surface area contributed by atoms with Crippen molar-refractivity contribution < 1.29 is 9.90 Å². The van der Waals surface area contributed by atoms with Gasteiger partial charge in [-0.05, 0) is 13.0 Å². The Hall–Kier alpha value is -0.320. The largest absolute Gasteiger partial charge is 0.392 e. The van der Waals surface area contributed by atoms with Gasteiger partial charge in [0.05, 0.1) is 11.0 Å². The van der Waals surface area contributed by atoms with Crippen LogP contribution in [-0.2, 0) is 0 Å². The topological polar surface area (TPSA) is 37.3 Å². The molecule has 0 bridgehead atoms. The Morgan fingerprint density at radius 3 is 2.77 bits per heavy atom. The Kier molecular flexibility index (Phi) is 3.96. The quantitative estimate of drug-likeness (QED) is 0.620. The summed E-state index contributed by atoms with van der Waals surface area (Å²) in [7, 11) is 0. The smallest absolute Gasteiger partial charge is 0.160 e. The van der Waals surface area contributed by atoms with Crippen molar-refractivity contribution in [1.82, 2.24) is 0 Å². The van der Waals surface area contributed by atoms with Crippen molar-refractivity contribution >= 4 is 29.4 Å². The van der Waals surface area contributed by atoms with Gasteiger partial charge in [-0.2, -0.15) is 0 Å². The van der Waals surface area contributed by atoms with Gasteiger partial charge in [0.1, 0.15) is 0 Å². The minimum atomic E-state index is -0.329. The standard InChI is InChI=1S/C9H12O2S2/c1-6(11)7(2)13-9-3-8(4-10)12-5-9/h3-7,11H,1-2H3. The number of thiophene rings is 1. The zero-order valence-corrected chi connectivity index (χ0v) is 9.19. The number of carbonyl (C=O) groups excluding carboxylic acids is 1. The maximum absolute atomic E-state index is 10.4. The van der Waals surface area contributed by atoms with E-state index in [9.17, 15) is 9.90 Å². The highest BCUT2D eigenvalue weighted by molar-refractivity contribution is 8.00. The zero-order chi connectivity index (χ0) is 9.84. The first-order valence-electron chi connectivity index (χ1n) is 4.02. The first-order valence-corrected chi connectivity index (χ1v) is 5.78. The van der Waals surface area contributed by atoms with Gasteiger partial charge in [-0.3, -0.25) is 4.79 Å². The minimum Gasteiger partial charge on any atom is -0.392 e. The highest BCUT2D eigenvalue weighted by Crippen LogP contribution is 2.28. The summed E-state index contributed by atoms with van der Waals surface area (Å²) in [5.41, 5.74) is 0. The van der Waals surface area contributed by atoms with Gasteiger partial charge in [-0.1, -0.05) is 6.92 Å². The molecule has 72 valence electrons. The van der Waals surface area contributed by atoms with E-state index in [1.807, 2.05) is 18.4 Å². The van der Waals surface area contributed by atoms with Gasteiger partial charge >= 0.3 is 0 Å². The second-order valence-electron chi connectivity index (χ2n) is 2.87. The summed E-state index contributed by atoms with van der Waals surface area (Å²) in [6.45, 7) is 3.73. The van der Waals surface area contributed by atoms with Crippen LogP contribution in [0.1, 0.15) is 23.5 Å². The van der Waals surface area contributed by atoms with Crippen molar-refractivity contribution in [2.75, 3.05) is 0 Å². The molecule has 0 aromatic carbocycles. The zero-order valence-electron chi connectivity index (χ0n) is 7.56. The lowest BCUT2D eigenvalue weighted by Crippen LogP contribution is -2.14. The molecule has 13 heavy (non-hydrogen) atoms. The van der Waals surface area contributed by atoms with Gasteiger partial charge in [0, 0.05) is 15.5 Å². The summed E-state index contributed by atoms with van der Waals surface area (Å²) in [5, 5.41) is 11.4. The van der Waals surface area contributed by atoms with E-state index in [2.05, 4.69) is 0 Å². The Labute approximate surface area is 86.0 Å². The van der Waals surface area contributed by atoms with Gasteiger partial charge in [0.15, 0.2) is 6.29 Å². The summed E-state index contributed by atoms with van der Waals surface area (Å²) >= 11 is 3.02. The first-order chi connectivity index (χ1) is 6.13. The summed E-state index contributed by atoms with van der Waals surface area (Å²) in [6.07, 6.45) is 0.520. The van der Waals surface area contributed by atoms with Crippen LogP contribution in [0.15, 0.2) is 16.3 Å². The van der Waals surface area contributed by atoms with Crippen LogP contribution in [0.25, 0.3) is 0 Å². The summed E-state index contributed by atoms with van der Waals surface area (Å²) in [4.78, 5) is 12.2. The molecule has 2 unspecified atom stereocenters. The minimum absolute atomic E-state index is 0.161. The van der Waals surface area contributed by atoms with Gasteiger partial charge in [-0.25, -0.2) is 0 Å². The third-order valence-electron chi connectivity index (χ3n) is 1.71. The van der Waals surface area contributed by atoms with E-state index in [1.165, 1.54) is 11.3 Å². The SMILES string of the molecule is CC(O)C(C)Sc1csc(C=O)c1. The maximum Gasteiger partial charge on any atom is 0.160 e. The predicted molar refractivity (Wildman–Crippen MR) is 56.7 cm³/mol. The van der Waals surface area contributed by atoms with Crippen molar-refractivity contribution in [3.8, 4) is 0 Å². The van der Waals surface area contributed by atoms with Crippen LogP contribution in [0.2, 0.25) is 0 Å². The van der Waals surface area contributed by atoms with Crippen molar-refractivity contribution in [2.24, 2.45) is 0 Å². The Morgan fingerprint density at radius 2 is 2.31 bits per heavy atom. The third kappa shape index (κ3) is 3.14. The highest BCUT2D eigenvalue weighted by atomic mass is 32.2. The fourth-order valence-corrected chi connectivity index (χ4v) is 2.60. The summed E-state index contributed by atoms with van der Waals surface area (Å²) in [6, 6.07) is 1.85. The van der Waals surface area contributed by atoms with Crippen molar-refractivity contribution in [1.29, 1.82) is 0 Å². The second kappa shape index (κ2) is 4.79. The highest BCUT2D eigenvalue weighted by Gasteiger charge is 2.11. The Bertz CT molecular complexity index is 281. The first kappa shape index (κ1) is 10.8. The number of rotatable bonds is 4. The molecule has 1 rings (SSSR count). The summed E-state index contributed by atoms with van der Waals surface area (Å²) in [5.74, 6) is 0. The molecule has 0 aliphatic heterocycles. The molecule has 1 heterocycles. The molecule has 1 N–H and O–H groups in total. The molecule has 2 atom stereocenters. The number of aliphatic hydroxyl groups is 1. The lowest BCUT2D eigenvalue weighted by molar-refractivity contribution is 0.112. The van der Waals surface area contributed by atoms with Gasteiger partial charge in [0.2, 0.25) is 0 Å². The van der Waals surface area contributed by atoms with E-state index in [4.69, 9.17) is 0 Å². The van der Waals surface area contributed by atoms with E-state index in [-0.39, 0.29) is 11.4 Å². The molecule has 0 aliphatic carbocycles. The Balaban J connectivity index is 2.58. The number of hydrogen-bond acceptors (Lipinski definition) is 4. The monoisotopic (exact) mass is 216 g/mol. The van der Waals surface area contributed by atoms with Gasteiger partial charge in [-0.15, -0.1) is 23.1 Å². The molecule has 0 spiro atoms. The van der Waals surface area contributed by atoms with E-state index in [1.54, 1.807) is 18.7 Å². The molecule has 0 saturated carbocycles. The number of thioether (sulfide) groups is 1. The lowest BCUT2D eigenvalue weighted by atomic mass is 10.3. The second-order valence-corrected chi connectivity index (χ2v) is 5.26. The van der Waals surface area contributed by atoms with E-state index in [0.717, 1.165) is 16.1 Å². The van der Waals surface area contributed by atoms with Crippen molar-refractivity contribution in [3.63, 3.8) is 0 Å². The van der Waals surface area contributed by atoms with E-state index in [0.29, 0.717) is 0 Å². The number of hydrogen-bond donors (Lipinski definition) is 1. The van der Waals surface area contributed by atoms with Crippen molar-refractivity contribution in [2.45, 2.75) is 30.1 Å². The van der Waals surface area contributed by atoms with Crippen LogP contribution >= 0.6 is 23.1 Å². The fraction of sp³-hybridized carbons (Fsp3) is 0.444. The molecule has 0 fully saturated rings. The van der Waals surface area contributed by atoms with E-state index >= 15 is 0 Å². The van der Waals surface area contributed by atoms with Crippen LogP contribution in [0.5, 0.6) is 0 Å². The molecule has 0 aliphatic rings. The average Bonchev–Trinajstić information content (AvgIpc) is 2.52. The van der Waals surface area contributed by atoms with Crippen molar-refractivity contribution in [3.05, 3.63) is 16.3 Å². The lowest BCUT2D eigenvalue weighted by Gasteiger charge is -2.12. The molecule has 0 amide bonds. The van der Waals surface area contributed by atoms with E-state index < -0.39 is 0 Å². The molecule has 1 aromatic rings. The molecule has 0 saturated heterocycles. The molecular formula is C9H12O2S2. The van der Waals surface area contributed by atoms with Crippen LogP contribution < -0.4 is 0 Å². The maximum atomic E-state index is 10.4. The van der Waals surface area contributed by atoms with Crippen LogP contribution in [0, 0.1) is 0 Å². The van der Waals surface area contributed by atoms with Gasteiger partial charge in [0.25, 0.3) is 0 Å². The number of aliphatic hydroxyl groups excluding tert-OH is 1. The number of carbonyl (C=O) groups is 1. The van der Waals surface area contributed by atoms with Gasteiger partial charge < -0.3 is 5.11 Å². The van der Waals surface area contributed by atoms with Crippen LogP contribution in [-0.4, -0.2) is 22.7 Å².